The van der Waals surface area contributed by atoms with E-state index in [1.165, 1.54) is 5.69 Å². The molecule has 108 valence electrons. The molecule has 4 nitrogen and oxygen atoms in total. The van der Waals surface area contributed by atoms with Crippen LogP contribution in [0.2, 0.25) is 0 Å². The monoisotopic (exact) mass is 280 g/mol. The zero-order chi connectivity index (χ0) is 14.7. The van der Waals surface area contributed by atoms with Gasteiger partial charge in [0.2, 0.25) is 0 Å². The number of hydrogen-bond acceptors (Lipinski definition) is 3. The number of rotatable bonds is 3. The Balaban J connectivity index is 1.62. The maximum atomic E-state index is 9.17. The van der Waals surface area contributed by atoms with Crippen molar-refractivity contribution in [2.24, 2.45) is 7.05 Å². The topological polar surface area (TPSA) is 44.9 Å². The average molecular weight is 280 g/mol. The van der Waals surface area contributed by atoms with Crippen LogP contribution >= 0.6 is 0 Å². The Kier molecular flexibility index (Phi) is 4.03. The first-order valence-electron chi connectivity index (χ1n) is 7.46. The highest BCUT2D eigenvalue weighted by Gasteiger charge is 2.22. The van der Waals surface area contributed by atoms with Gasteiger partial charge in [-0.3, -0.25) is 9.58 Å². The number of nitrogens with zero attached hydrogens (tertiary/aromatic N) is 4. The van der Waals surface area contributed by atoms with Gasteiger partial charge in [0.15, 0.2) is 0 Å². The second kappa shape index (κ2) is 6.11. The molecule has 0 N–H and O–H groups in total. The maximum absolute atomic E-state index is 9.17. The van der Waals surface area contributed by atoms with Gasteiger partial charge in [0.1, 0.15) is 0 Å². The second-order valence-electron chi connectivity index (χ2n) is 5.70. The summed E-state index contributed by atoms with van der Waals surface area (Å²) in [6, 6.07) is 12.3. The molecule has 0 radical (unpaired) electrons. The van der Waals surface area contributed by atoms with Crippen LogP contribution in [0.25, 0.3) is 0 Å². The molecule has 0 amide bonds. The molecule has 1 aliphatic rings. The van der Waals surface area contributed by atoms with Crippen LogP contribution in [-0.4, -0.2) is 27.8 Å². The van der Waals surface area contributed by atoms with Gasteiger partial charge in [-0.25, -0.2) is 0 Å². The van der Waals surface area contributed by atoms with E-state index < -0.39 is 0 Å². The van der Waals surface area contributed by atoms with Crippen LogP contribution in [0.5, 0.6) is 0 Å². The van der Waals surface area contributed by atoms with Crippen LogP contribution in [0.1, 0.15) is 35.6 Å². The van der Waals surface area contributed by atoms with Crippen LogP contribution < -0.4 is 0 Å². The van der Waals surface area contributed by atoms with Crippen molar-refractivity contribution in [3.8, 4) is 6.07 Å². The first-order valence-corrected chi connectivity index (χ1v) is 7.46. The van der Waals surface area contributed by atoms with Crippen LogP contribution in [0.15, 0.2) is 36.5 Å². The van der Waals surface area contributed by atoms with Gasteiger partial charge in [0, 0.05) is 31.4 Å². The fourth-order valence-electron chi connectivity index (χ4n) is 3.18. The lowest BCUT2D eigenvalue weighted by Gasteiger charge is -2.32. The van der Waals surface area contributed by atoms with Gasteiger partial charge in [0.05, 0.1) is 11.6 Å². The fourth-order valence-corrected chi connectivity index (χ4v) is 3.18. The van der Waals surface area contributed by atoms with E-state index in [4.69, 9.17) is 5.26 Å². The van der Waals surface area contributed by atoms with Crippen molar-refractivity contribution < 1.29 is 0 Å². The van der Waals surface area contributed by atoms with Gasteiger partial charge in [0.25, 0.3) is 0 Å². The lowest BCUT2D eigenvalue weighted by molar-refractivity contribution is 0.201. The van der Waals surface area contributed by atoms with Crippen molar-refractivity contribution >= 4 is 0 Å². The fraction of sp³-hybridized carbons (Fsp3) is 0.412. The molecule has 0 saturated carbocycles. The van der Waals surface area contributed by atoms with Crippen molar-refractivity contribution in [3.05, 3.63) is 53.3 Å². The van der Waals surface area contributed by atoms with Crippen molar-refractivity contribution in [1.29, 1.82) is 5.26 Å². The van der Waals surface area contributed by atoms with Crippen molar-refractivity contribution in [2.45, 2.75) is 25.3 Å². The Labute approximate surface area is 125 Å². The predicted octanol–water partition coefficient (Wildman–Crippen LogP) is 2.67. The molecular weight excluding hydrogens is 260 g/mol. The second-order valence-corrected chi connectivity index (χ2v) is 5.70. The standard InChI is InChI=1S/C17H20N4/c1-20-17(6-9-19-20)14-7-10-21(11-8-14)13-16-5-3-2-4-15(16)12-18/h2-6,9,14H,7-8,10-11,13H2,1H3. The number of aromatic nitrogens is 2. The first-order chi connectivity index (χ1) is 10.3. The van der Waals surface area contributed by atoms with E-state index in [1.54, 1.807) is 0 Å². The molecule has 1 aliphatic heterocycles. The molecule has 0 aliphatic carbocycles. The molecule has 1 aromatic carbocycles. The number of aryl methyl sites for hydroxylation is 1. The molecule has 0 unspecified atom stereocenters. The summed E-state index contributed by atoms with van der Waals surface area (Å²) < 4.78 is 1.99. The van der Waals surface area contributed by atoms with Gasteiger partial charge in [-0.1, -0.05) is 18.2 Å². The molecule has 0 bridgehead atoms. The molecule has 3 rings (SSSR count). The van der Waals surface area contributed by atoms with Crippen LogP contribution in [0, 0.1) is 11.3 Å². The third-order valence-corrected chi connectivity index (χ3v) is 4.40. The summed E-state index contributed by atoms with van der Waals surface area (Å²) in [5, 5.41) is 13.4. The minimum absolute atomic E-state index is 0.611. The summed E-state index contributed by atoms with van der Waals surface area (Å²) >= 11 is 0. The quantitative estimate of drug-likeness (QED) is 0.868. The van der Waals surface area contributed by atoms with E-state index in [0.717, 1.165) is 43.6 Å². The van der Waals surface area contributed by atoms with Crippen molar-refractivity contribution in [1.82, 2.24) is 14.7 Å². The molecular formula is C17H20N4. The highest BCUT2D eigenvalue weighted by Crippen LogP contribution is 2.28. The van der Waals surface area contributed by atoms with Crippen molar-refractivity contribution in [2.75, 3.05) is 13.1 Å². The van der Waals surface area contributed by atoms with E-state index >= 15 is 0 Å². The molecule has 4 heteroatoms. The normalized spacial score (nSPS) is 16.8. The van der Waals surface area contributed by atoms with E-state index in [9.17, 15) is 0 Å². The van der Waals surface area contributed by atoms with E-state index in [-0.39, 0.29) is 0 Å². The third kappa shape index (κ3) is 2.98. The Morgan fingerprint density at radius 1 is 1.24 bits per heavy atom. The zero-order valence-electron chi connectivity index (χ0n) is 12.4. The Bertz CT molecular complexity index is 645. The van der Waals surface area contributed by atoms with Gasteiger partial charge >= 0.3 is 0 Å². The zero-order valence-corrected chi connectivity index (χ0v) is 12.4. The summed E-state index contributed by atoms with van der Waals surface area (Å²) in [6.07, 6.45) is 4.20. The molecule has 1 aromatic heterocycles. The summed E-state index contributed by atoms with van der Waals surface area (Å²) in [6.45, 7) is 3.03. The molecule has 0 atom stereocenters. The molecule has 2 aromatic rings. The molecule has 0 spiro atoms. The van der Waals surface area contributed by atoms with Crippen molar-refractivity contribution in [3.63, 3.8) is 0 Å². The number of likely N-dealkylation sites (tertiary alicyclic amines) is 1. The summed E-state index contributed by atoms with van der Waals surface area (Å²) in [5.41, 5.74) is 3.28. The predicted molar refractivity (Wildman–Crippen MR) is 81.6 cm³/mol. The largest absolute Gasteiger partial charge is 0.299 e. The Morgan fingerprint density at radius 3 is 2.67 bits per heavy atom. The number of nitriles is 1. The molecule has 21 heavy (non-hydrogen) atoms. The van der Waals surface area contributed by atoms with E-state index in [0.29, 0.717) is 5.92 Å². The Morgan fingerprint density at radius 2 is 2.00 bits per heavy atom. The third-order valence-electron chi connectivity index (χ3n) is 4.40. The van der Waals surface area contributed by atoms with Gasteiger partial charge in [-0.2, -0.15) is 10.4 Å². The smallest absolute Gasteiger partial charge is 0.0995 e. The highest BCUT2D eigenvalue weighted by atomic mass is 15.3. The summed E-state index contributed by atoms with van der Waals surface area (Å²) in [7, 11) is 2.02. The lowest BCUT2D eigenvalue weighted by atomic mass is 9.93. The maximum Gasteiger partial charge on any atom is 0.0995 e. The first kappa shape index (κ1) is 13.8. The van der Waals surface area contributed by atoms with Crippen LogP contribution in [-0.2, 0) is 13.6 Å². The van der Waals surface area contributed by atoms with Crippen LogP contribution in [0.4, 0.5) is 0 Å². The van der Waals surface area contributed by atoms with E-state index in [1.807, 2.05) is 36.1 Å². The number of piperidine rings is 1. The minimum Gasteiger partial charge on any atom is -0.299 e. The SMILES string of the molecule is Cn1nccc1C1CCN(Cc2ccccc2C#N)CC1. The average Bonchev–Trinajstić information content (AvgIpc) is 2.95. The molecule has 1 fully saturated rings. The van der Waals surface area contributed by atoms with Crippen LogP contribution in [0.3, 0.4) is 0 Å². The summed E-state index contributed by atoms with van der Waals surface area (Å²) in [4.78, 5) is 2.45. The molecule has 1 saturated heterocycles. The minimum atomic E-state index is 0.611. The van der Waals surface area contributed by atoms with Gasteiger partial charge < -0.3 is 0 Å². The Hall–Kier alpha value is -2.12. The highest BCUT2D eigenvalue weighted by molar-refractivity contribution is 5.37. The van der Waals surface area contributed by atoms with Gasteiger partial charge in [-0.15, -0.1) is 0 Å². The van der Waals surface area contributed by atoms with Gasteiger partial charge in [-0.05, 0) is 43.6 Å². The number of hydrogen-bond donors (Lipinski definition) is 0. The molecule has 2 heterocycles. The lowest BCUT2D eigenvalue weighted by Crippen LogP contribution is -2.33. The van der Waals surface area contributed by atoms with E-state index in [2.05, 4.69) is 28.2 Å². The number of benzene rings is 1. The summed E-state index contributed by atoms with van der Waals surface area (Å²) in [5.74, 6) is 0.611.